The largest absolute Gasteiger partial charge is 0.459 e. The van der Waals surface area contributed by atoms with Crippen LogP contribution in [0, 0.1) is 5.92 Å². The Bertz CT molecular complexity index is 773. The van der Waals surface area contributed by atoms with Crippen LogP contribution >= 0.6 is 0 Å². The normalized spacial score (nSPS) is 29.7. The fourth-order valence-corrected chi connectivity index (χ4v) is 5.67. The van der Waals surface area contributed by atoms with E-state index in [0.29, 0.717) is 0 Å². The molecule has 24 heavy (non-hydrogen) atoms. The molecule has 1 aromatic rings. The number of sulfone groups is 1. The van der Waals surface area contributed by atoms with Crippen molar-refractivity contribution in [3.8, 4) is 0 Å². The van der Waals surface area contributed by atoms with E-state index in [4.69, 9.17) is 4.74 Å². The van der Waals surface area contributed by atoms with Gasteiger partial charge in [0.1, 0.15) is 18.0 Å². The molecular weight excluding hydrogens is 334 g/mol. The number of rotatable bonds is 4. The quantitative estimate of drug-likeness (QED) is 0.608. The van der Waals surface area contributed by atoms with Gasteiger partial charge in [-0.3, -0.25) is 4.79 Å². The van der Waals surface area contributed by atoms with Crippen molar-refractivity contribution in [2.45, 2.75) is 36.6 Å². The van der Waals surface area contributed by atoms with Crippen molar-refractivity contribution in [1.82, 2.24) is 4.90 Å². The highest BCUT2D eigenvalue weighted by Gasteiger charge is 2.72. The van der Waals surface area contributed by atoms with E-state index in [9.17, 15) is 23.1 Å². The van der Waals surface area contributed by atoms with Crippen molar-refractivity contribution in [2.75, 3.05) is 6.61 Å². The molecule has 1 N–H and O–H groups in total. The van der Waals surface area contributed by atoms with Gasteiger partial charge in [0.2, 0.25) is 5.91 Å². The van der Waals surface area contributed by atoms with Gasteiger partial charge in [0.05, 0.1) is 17.3 Å². The molecule has 2 aliphatic rings. The third kappa shape index (κ3) is 2.16. The molecule has 2 saturated heterocycles. The maximum atomic E-state index is 12.7. The zero-order valence-corrected chi connectivity index (χ0v) is 14.2. The average molecular weight is 353 g/mol. The summed E-state index contributed by atoms with van der Waals surface area (Å²) in [6, 6.07) is 7.79. The van der Waals surface area contributed by atoms with Crippen LogP contribution in [0.2, 0.25) is 0 Å². The fourth-order valence-electron chi connectivity index (χ4n) is 3.37. The third-order valence-corrected chi connectivity index (χ3v) is 7.70. The summed E-state index contributed by atoms with van der Waals surface area (Å²) >= 11 is 0. The number of hydrogen-bond donors (Lipinski definition) is 1. The lowest BCUT2D eigenvalue weighted by Crippen LogP contribution is -2.64. The Balaban J connectivity index is 1.84. The molecule has 2 heterocycles. The van der Waals surface area contributed by atoms with E-state index in [1.54, 1.807) is 24.3 Å². The molecule has 8 heteroatoms. The number of nitrogens with zero attached hydrogens (tertiary/aromatic N) is 1. The molecule has 0 aliphatic carbocycles. The molecule has 2 fully saturated rings. The lowest BCUT2D eigenvalue weighted by atomic mass is 9.92. The Morgan fingerprint density at radius 2 is 1.92 bits per heavy atom. The number of aliphatic hydroxyl groups excluding tert-OH is 1. The minimum Gasteiger partial charge on any atom is -0.459 e. The Hall–Kier alpha value is -1.93. The van der Waals surface area contributed by atoms with Crippen molar-refractivity contribution in [2.24, 2.45) is 5.92 Å². The lowest BCUT2D eigenvalue weighted by Gasteiger charge is -2.42. The predicted octanol–water partition coefficient (Wildman–Crippen LogP) is 0.0822. The van der Waals surface area contributed by atoms with Crippen molar-refractivity contribution in [1.29, 1.82) is 0 Å². The summed E-state index contributed by atoms with van der Waals surface area (Å²) in [7, 11) is -3.79. The molecule has 3 atom stereocenters. The maximum Gasteiger partial charge on any atom is 0.330 e. The van der Waals surface area contributed by atoms with Crippen LogP contribution in [0.4, 0.5) is 0 Å². The Kier molecular flexibility index (Phi) is 3.92. The van der Waals surface area contributed by atoms with Crippen molar-refractivity contribution in [3.05, 3.63) is 35.9 Å². The number of carbonyl (C=O) groups excluding carboxylic acids is 2. The number of amides is 1. The number of benzene rings is 1. The minimum atomic E-state index is -3.79. The van der Waals surface area contributed by atoms with Gasteiger partial charge in [-0.2, -0.15) is 0 Å². The van der Waals surface area contributed by atoms with Crippen LogP contribution in [0.25, 0.3) is 0 Å². The molecule has 0 bridgehead atoms. The predicted molar refractivity (Wildman–Crippen MR) is 84.2 cm³/mol. The van der Waals surface area contributed by atoms with E-state index in [1.165, 1.54) is 13.8 Å². The summed E-state index contributed by atoms with van der Waals surface area (Å²) in [4.78, 5) is 25.7. The first-order chi connectivity index (χ1) is 11.2. The average Bonchev–Trinajstić information content (AvgIpc) is 2.68. The van der Waals surface area contributed by atoms with Gasteiger partial charge < -0.3 is 14.7 Å². The summed E-state index contributed by atoms with van der Waals surface area (Å²) in [5.41, 5.74) is 0.768. The van der Waals surface area contributed by atoms with Crippen LogP contribution in [-0.4, -0.2) is 53.1 Å². The zero-order chi connectivity index (χ0) is 17.7. The van der Waals surface area contributed by atoms with Gasteiger partial charge in [0, 0.05) is 0 Å². The van der Waals surface area contributed by atoms with Crippen molar-refractivity contribution in [3.63, 3.8) is 0 Å². The van der Waals surface area contributed by atoms with Gasteiger partial charge in [-0.1, -0.05) is 30.3 Å². The zero-order valence-electron chi connectivity index (χ0n) is 13.4. The number of hydrogen-bond acceptors (Lipinski definition) is 6. The molecule has 0 radical (unpaired) electrons. The number of carbonyl (C=O) groups is 2. The Morgan fingerprint density at radius 1 is 1.29 bits per heavy atom. The van der Waals surface area contributed by atoms with Crippen LogP contribution < -0.4 is 0 Å². The number of esters is 1. The standard InChI is InChI=1S/C16H19NO6S/c1-16(2)12(15(20)23-9-10-6-4-3-5-7-10)17-13(19)11(8-18)14(17)24(16,21)22/h3-7,11-12,14,18H,8-9H2,1-2H3/t11-,12-,14+/m0/s1. The van der Waals surface area contributed by atoms with Crippen molar-refractivity contribution >= 4 is 21.7 Å². The second kappa shape index (κ2) is 5.56. The molecular formula is C16H19NO6S. The SMILES string of the molecule is CC1(C)[C@H](C(=O)OCc2ccccc2)N2C(=O)[C@H](CO)[C@H]2S1(=O)=O. The second-order valence-corrected chi connectivity index (χ2v) is 9.19. The van der Waals surface area contributed by atoms with Gasteiger partial charge in [-0.25, -0.2) is 13.2 Å². The monoisotopic (exact) mass is 353 g/mol. The fraction of sp³-hybridized carbons (Fsp3) is 0.500. The van der Waals surface area contributed by atoms with E-state index in [2.05, 4.69) is 0 Å². The van der Waals surface area contributed by atoms with Gasteiger partial charge in [-0.15, -0.1) is 0 Å². The number of aliphatic hydroxyl groups is 1. The lowest BCUT2D eigenvalue weighted by molar-refractivity contribution is -0.168. The van der Waals surface area contributed by atoms with E-state index < -0.39 is 50.4 Å². The van der Waals surface area contributed by atoms with E-state index in [-0.39, 0.29) is 6.61 Å². The van der Waals surface area contributed by atoms with Crippen molar-refractivity contribution < 1.29 is 27.9 Å². The first kappa shape index (κ1) is 16.9. The van der Waals surface area contributed by atoms with E-state index in [1.807, 2.05) is 6.07 Å². The molecule has 1 amide bonds. The molecule has 7 nitrogen and oxygen atoms in total. The topological polar surface area (TPSA) is 101 Å². The van der Waals surface area contributed by atoms with Crippen LogP contribution in [0.1, 0.15) is 19.4 Å². The molecule has 0 unspecified atom stereocenters. The number of ether oxygens (including phenoxy) is 1. The number of β-lactam (4-membered cyclic amide) rings is 1. The molecule has 0 spiro atoms. The van der Waals surface area contributed by atoms with Crippen LogP contribution in [0.15, 0.2) is 30.3 Å². The highest BCUT2D eigenvalue weighted by Crippen LogP contribution is 2.48. The highest BCUT2D eigenvalue weighted by atomic mass is 32.2. The molecule has 0 saturated carbocycles. The smallest absolute Gasteiger partial charge is 0.330 e. The van der Waals surface area contributed by atoms with Gasteiger partial charge in [0.25, 0.3) is 0 Å². The molecule has 3 rings (SSSR count). The van der Waals surface area contributed by atoms with Gasteiger partial charge >= 0.3 is 5.97 Å². The minimum absolute atomic E-state index is 0.00241. The van der Waals surface area contributed by atoms with Gasteiger partial charge in [0.15, 0.2) is 9.84 Å². The van der Waals surface area contributed by atoms with Gasteiger partial charge in [-0.05, 0) is 19.4 Å². The molecule has 130 valence electrons. The van der Waals surface area contributed by atoms with Crippen LogP contribution in [0.3, 0.4) is 0 Å². The Labute approximate surface area is 140 Å². The first-order valence-corrected chi connectivity index (χ1v) is 9.15. The summed E-state index contributed by atoms with van der Waals surface area (Å²) in [5.74, 6) is -2.28. The third-order valence-electron chi connectivity index (χ3n) is 4.82. The summed E-state index contributed by atoms with van der Waals surface area (Å²) in [6.45, 7) is 2.27. The Morgan fingerprint density at radius 3 is 2.50 bits per heavy atom. The van der Waals surface area contributed by atoms with Crippen LogP contribution in [-0.2, 0) is 30.8 Å². The van der Waals surface area contributed by atoms with E-state index >= 15 is 0 Å². The summed E-state index contributed by atoms with van der Waals surface area (Å²) in [6.07, 6.45) is 0. The van der Waals surface area contributed by atoms with Crippen LogP contribution in [0.5, 0.6) is 0 Å². The second-order valence-electron chi connectivity index (χ2n) is 6.57. The molecule has 1 aromatic carbocycles. The number of fused-ring (bicyclic) bond motifs is 1. The highest BCUT2D eigenvalue weighted by molar-refractivity contribution is 7.93. The molecule has 2 aliphatic heterocycles. The summed E-state index contributed by atoms with van der Waals surface area (Å²) in [5, 5.41) is 8.10. The summed E-state index contributed by atoms with van der Waals surface area (Å²) < 4.78 is 29.1. The molecule has 0 aromatic heterocycles. The first-order valence-electron chi connectivity index (χ1n) is 7.60. The maximum absolute atomic E-state index is 12.7. The van der Waals surface area contributed by atoms with E-state index in [0.717, 1.165) is 10.5 Å².